The summed E-state index contributed by atoms with van der Waals surface area (Å²) in [5, 5.41) is 5.03. The van der Waals surface area contributed by atoms with Crippen LogP contribution in [0.1, 0.15) is 12.5 Å². The first-order valence-corrected chi connectivity index (χ1v) is 10.9. The van der Waals surface area contributed by atoms with Gasteiger partial charge in [0.15, 0.2) is 18.2 Å². The maximum atomic E-state index is 12.5. The molecule has 31 heavy (non-hydrogen) atoms. The van der Waals surface area contributed by atoms with Crippen LogP contribution in [-0.2, 0) is 11.3 Å². The summed E-state index contributed by atoms with van der Waals surface area (Å²) >= 11 is 0. The van der Waals surface area contributed by atoms with Crippen molar-refractivity contribution in [1.82, 2.24) is 24.9 Å². The molecule has 2 atom stereocenters. The third-order valence-electron chi connectivity index (χ3n) is 6.61. The zero-order chi connectivity index (χ0) is 21.5. The van der Waals surface area contributed by atoms with Crippen LogP contribution < -0.4 is 5.32 Å². The highest BCUT2D eigenvalue weighted by Crippen LogP contribution is 2.26. The van der Waals surface area contributed by atoms with Crippen molar-refractivity contribution in [3.63, 3.8) is 0 Å². The molecule has 2 aromatic rings. The number of amides is 3. The molecule has 8 nitrogen and oxygen atoms in total. The van der Waals surface area contributed by atoms with Crippen molar-refractivity contribution in [2.24, 2.45) is 4.99 Å². The SMILES string of the molecule is CCN1C(N2CCN(Cc3cccc4ccccc34)CC2)=NC2C1C(=O)NC(=O)N2C. The fourth-order valence-electron chi connectivity index (χ4n) is 4.89. The van der Waals surface area contributed by atoms with E-state index in [-0.39, 0.29) is 11.9 Å². The number of guanidine groups is 1. The second kappa shape index (κ2) is 7.85. The van der Waals surface area contributed by atoms with Gasteiger partial charge in [-0.05, 0) is 23.3 Å². The van der Waals surface area contributed by atoms with Gasteiger partial charge >= 0.3 is 6.03 Å². The minimum atomic E-state index is -0.454. The van der Waals surface area contributed by atoms with Crippen LogP contribution in [-0.4, -0.2) is 89.5 Å². The van der Waals surface area contributed by atoms with E-state index in [1.165, 1.54) is 21.2 Å². The largest absolute Gasteiger partial charge is 0.340 e. The van der Waals surface area contributed by atoms with Crippen molar-refractivity contribution in [3.05, 3.63) is 48.0 Å². The maximum Gasteiger partial charge on any atom is 0.325 e. The van der Waals surface area contributed by atoms with Gasteiger partial charge in [-0.25, -0.2) is 9.79 Å². The summed E-state index contributed by atoms with van der Waals surface area (Å²) in [5.74, 6) is 0.572. The quantitative estimate of drug-likeness (QED) is 0.815. The molecule has 0 aromatic heterocycles. The first kappa shape index (κ1) is 19.8. The van der Waals surface area contributed by atoms with Gasteiger partial charge in [-0.15, -0.1) is 0 Å². The third kappa shape index (κ3) is 3.40. The van der Waals surface area contributed by atoms with E-state index < -0.39 is 12.2 Å². The summed E-state index contributed by atoms with van der Waals surface area (Å²) in [6, 6.07) is 14.2. The van der Waals surface area contributed by atoms with Crippen LogP contribution in [0.5, 0.6) is 0 Å². The Morgan fingerprint density at radius 1 is 1.03 bits per heavy atom. The minimum absolute atomic E-state index is 0.261. The van der Waals surface area contributed by atoms with Gasteiger partial charge in [0, 0.05) is 46.3 Å². The molecule has 0 saturated carbocycles. The van der Waals surface area contributed by atoms with Gasteiger partial charge in [-0.3, -0.25) is 15.0 Å². The van der Waals surface area contributed by atoms with Crippen LogP contribution in [0.2, 0.25) is 0 Å². The Morgan fingerprint density at radius 2 is 1.77 bits per heavy atom. The Hall–Kier alpha value is -3.13. The lowest BCUT2D eigenvalue weighted by atomic mass is 10.0. The number of hydrogen-bond donors (Lipinski definition) is 1. The number of rotatable bonds is 3. The number of hydrogen-bond acceptors (Lipinski definition) is 6. The van der Waals surface area contributed by atoms with E-state index in [1.807, 2.05) is 11.8 Å². The van der Waals surface area contributed by atoms with Gasteiger partial charge in [0.1, 0.15) is 0 Å². The highest BCUT2D eigenvalue weighted by molar-refractivity contribution is 6.03. The average molecular weight is 421 g/mol. The number of piperazine rings is 1. The Bertz CT molecular complexity index is 1040. The first-order valence-electron chi connectivity index (χ1n) is 10.9. The predicted octanol–water partition coefficient (Wildman–Crippen LogP) is 1.53. The summed E-state index contributed by atoms with van der Waals surface area (Å²) in [4.78, 5) is 37.6. The van der Waals surface area contributed by atoms with E-state index in [0.29, 0.717) is 6.54 Å². The van der Waals surface area contributed by atoms with Crippen molar-refractivity contribution in [1.29, 1.82) is 0 Å². The van der Waals surface area contributed by atoms with Gasteiger partial charge in [0.25, 0.3) is 5.91 Å². The number of carbonyl (C=O) groups is 2. The second-order valence-corrected chi connectivity index (χ2v) is 8.38. The number of likely N-dealkylation sites (N-methyl/N-ethyl adjacent to an activating group) is 2. The van der Waals surface area contributed by atoms with Crippen molar-refractivity contribution >= 4 is 28.7 Å². The number of imide groups is 1. The molecule has 1 N–H and O–H groups in total. The fourth-order valence-corrected chi connectivity index (χ4v) is 4.89. The van der Waals surface area contributed by atoms with E-state index in [9.17, 15) is 9.59 Å². The van der Waals surface area contributed by atoms with Crippen molar-refractivity contribution in [2.75, 3.05) is 39.8 Å². The Kier molecular flexibility index (Phi) is 5.02. The van der Waals surface area contributed by atoms with Crippen LogP contribution in [0.4, 0.5) is 4.79 Å². The lowest BCUT2D eigenvalue weighted by Gasteiger charge is -2.40. The molecule has 162 valence electrons. The molecule has 5 rings (SSSR count). The van der Waals surface area contributed by atoms with Crippen molar-refractivity contribution in [2.45, 2.75) is 25.7 Å². The number of carbonyl (C=O) groups excluding carboxylic acids is 2. The monoisotopic (exact) mass is 420 g/mol. The number of benzene rings is 2. The standard InChI is InChI=1S/C23H28N6O2/c1-3-29-19-20(26(2)23(31)25-21(19)30)24-22(29)28-13-11-27(12-14-28)15-17-9-6-8-16-7-4-5-10-18(16)17/h4-10,19-20H,3,11-15H2,1-2H3,(H,25,30,31). The summed E-state index contributed by atoms with van der Waals surface area (Å²) in [6.45, 7) is 7.16. The van der Waals surface area contributed by atoms with Crippen molar-refractivity contribution in [3.8, 4) is 0 Å². The summed E-state index contributed by atoms with van der Waals surface area (Å²) in [7, 11) is 1.70. The lowest BCUT2D eigenvalue weighted by Crippen LogP contribution is -2.64. The Morgan fingerprint density at radius 3 is 2.55 bits per heavy atom. The molecule has 2 fully saturated rings. The van der Waals surface area contributed by atoms with E-state index >= 15 is 0 Å². The molecule has 3 amide bonds. The van der Waals surface area contributed by atoms with Crippen LogP contribution in [0.3, 0.4) is 0 Å². The summed E-state index contributed by atoms with van der Waals surface area (Å²) < 4.78 is 0. The Labute approximate surface area is 182 Å². The minimum Gasteiger partial charge on any atom is -0.340 e. The second-order valence-electron chi connectivity index (χ2n) is 8.38. The molecule has 3 aliphatic rings. The zero-order valence-corrected chi connectivity index (χ0v) is 18.0. The first-order chi connectivity index (χ1) is 15.1. The molecule has 0 spiro atoms. The van der Waals surface area contributed by atoms with E-state index in [0.717, 1.165) is 38.7 Å². The summed E-state index contributed by atoms with van der Waals surface area (Å²) in [5.41, 5.74) is 1.35. The number of nitrogens with zero attached hydrogens (tertiary/aromatic N) is 5. The average Bonchev–Trinajstić information content (AvgIpc) is 3.19. The van der Waals surface area contributed by atoms with Crippen molar-refractivity contribution < 1.29 is 9.59 Å². The highest BCUT2D eigenvalue weighted by Gasteiger charge is 2.49. The van der Waals surface area contributed by atoms with Gasteiger partial charge in [0.2, 0.25) is 0 Å². The Balaban J connectivity index is 1.29. The molecule has 8 heteroatoms. The molecule has 3 heterocycles. The van der Waals surface area contributed by atoms with Gasteiger partial charge in [-0.1, -0.05) is 42.5 Å². The van der Waals surface area contributed by atoms with Crippen LogP contribution >= 0.6 is 0 Å². The number of urea groups is 1. The number of nitrogens with one attached hydrogen (secondary N) is 1. The molecular formula is C23H28N6O2. The summed E-state index contributed by atoms with van der Waals surface area (Å²) in [6.07, 6.45) is -0.454. The van der Waals surface area contributed by atoms with Gasteiger partial charge in [0.05, 0.1) is 0 Å². The molecule has 2 saturated heterocycles. The number of aliphatic imine (C=N–C) groups is 1. The van der Waals surface area contributed by atoms with E-state index in [4.69, 9.17) is 4.99 Å². The normalized spacial score (nSPS) is 24.5. The zero-order valence-electron chi connectivity index (χ0n) is 18.0. The molecule has 0 radical (unpaired) electrons. The van der Waals surface area contributed by atoms with E-state index in [1.54, 1.807) is 7.05 Å². The molecule has 0 bridgehead atoms. The lowest BCUT2D eigenvalue weighted by molar-refractivity contribution is -0.127. The molecule has 2 unspecified atom stereocenters. The highest BCUT2D eigenvalue weighted by atomic mass is 16.2. The van der Waals surface area contributed by atoms with Crippen LogP contribution in [0.15, 0.2) is 47.5 Å². The third-order valence-corrected chi connectivity index (χ3v) is 6.61. The number of fused-ring (bicyclic) bond motifs is 2. The van der Waals surface area contributed by atoms with Gasteiger partial charge < -0.3 is 14.7 Å². The maximum absolute atomic E-state index is 12.5. The fraction of sp³-hybridized carbons (Fsp3) is 0.435. The van der Waals surface area contributed by atoms with Crippen LogP contribution in [0, 0.1) is 0 Å². The molecule has 3 aliphatic heterocycles. The van der Waals surface area contributed by atoms with Gasteiger partial charge in [-0.2, -0.15) is 0 Å². The molecule has 0 aliphatic carbocycles. The van der Waals surface area contributed by atoms with E-state index in [2.05, 4.69) is 57.6 Å². The smallest absolute Gasteiger partial charge is 0.325 e. The molecular weight excluding hydrogens is 392 g/mol. The molecule has 2 aromatic carbocycles. The van der Waals surface area contributed by atoms with Crippen LogP contribution in [0.25, 0.3) is 10.8 Å². The predicted molar refractivity (Wildman–Crippen MR) is 119 cm³/mol. The topological polar surface area (TPSA) is 71.5 Å².